The number of rotatable bonds is 6. The molecule has 30 heavy (non-hydrogen) atoms. The molecule has 0 saturated carbocycles. The van der Waals surface area contributed by atoms with Gasteiger partial charge in [0.1, 0.15) is 10.4 Å². The molecule has 0 radical (unpaired) electrons. The monoisotopic (exact) mass is 503 g/mol. The van der Waals surface area contributed by atoms with Gasteiger partial charge >= 0.3 is 5.97 Å². The zero-order valence-corrected chi connectivity index (χ0v) is 19.6. The second-order valence-corrected chi connectivity index (χ2v) is 11.5. The van der Waals surface area contributed by atoms with Gasteiger partial charge in [0.15, 0.2) is 9.84 Å². The lowest BCUT2D eigenvalue weighted by atomic mass is 10.1. The Bertz CT molecular complexity index is 1230. The summed E-state index contributed by atoms with van der Waals surface area (Å²) in [6, 6.07) is 6.65. The number of amides is 1. The highest BCUT2D eigenvalue weighted by Gasteiger charge is 2.29. The maximum atomic E-state index is 12.7. The molecule has 2 N–H and O–H groups in total. The Morgan fingerprint density at radius 3 is 2.27 bits per heavy atom. The molecule has 3 rings (SSSR count). The van der Waals surface area contributed by atoms with Crippen LogP contribution in [-0.4, -0.2) is 30.7 Å². The molecule has 0 saturated heterocycles. The third-order valence-electron chi connectivity index (χ3n) is 4.19. The Morgan fingerprint density at radius 2 is 1.70 bits per heavy atom. The van der Waals surface area contributed by atoms with Crippen molar-refractivity contribution in [3.05, 3.63) is 55.5 Å². The van der Waals surface area contributed by atoms with Crippen LogP contribution in [-0.2, 0) is 9.84 Å². The second-order valence-electron chi connectivity index (χ2n) is 6.46. The quantitative estimate of drug-likeness (QED) is 0.434. The van der Waals surface area contributed by atoms with E-state index in [4.69, 9.17) is 23.2 Å². The first-order valence-corrected chi connectivity index (χ1v) is 12.5. The van der Waals surface area contributed by atoms with Crippen molar-refractivity contribution in [2.24, 2.45) is 0 Å². The van der Waals surface area contributed by atoms with E-state index >= 15 is 0 Å². The number of halogens is 2. The molecule has 0 spiro atoms. The van der Waals surface area contributed by atoms with Crippen molar-refractivity contribution in [1.29, 1.82) is 0 Å². The van der Waals surface area contributed by atoms with Crippen LogP contribution in [0.3, 0.4) is 0 Å². The molecule has 3 aromatic rings. The SMILES string of the molecule is CC(C)S(=O)(=O)c1csc(C(=O)Nc2csc(-c3ccc(Cl)cc3)c2C(=O)O)c1Cl. The molecule has 0 aliphatic heterocycles. The van der Waals surface area contributed by atoms with Crippen LogP contribution in [0.25, 0.3) is 10.4 Å². The fourth-order valence-electron chi connectivity index (χ4n) is 2.58. The summed E-state index contributed by atoms with van der Waals surface area (Å²) in [5.74, 6) is -1.89. The van der Waals surface area contributed by atoms with E-state index in [1.54, 1.807) is 24.3 Å². The highest BCUT2D eigenvalue weighted by Crippen LogP contribution is 2.38. The van der Waals surface area contributed by atoms with Crippen molar-refractivity contribution in [3.8, 4) is 10.4 Å². The largest absolute Gasteiger partial charge is 0.478 e. The van der Waals surface area contributed by atoms with Crippen LogP contribution < -0.4 is 5.32 Å². The number of carboxylic acid groups (broad SMARTS) is 1. The molecule has 0 aliphatic carbocycles. The van der Waals surface area contributed by atoms with Gasteiger partial charge in [-0.2, -0.15) is 0 Å². The predicted molar refractivity (Wildman–Crippen MR) is 121 cm³/mol. The third-order valence-corrected chi connectivity index (χ3v) is 9.39. The third kappa shape index (κ3) is 4.26. The number of anilines is 1. The Hall–Kier alpha value is -1.91. The summed E-state index contributed by atoms with van der Waals surface area (Å²) in [6.07, 6.45) is 0. The standard InChI is InChI=1S/C19H15Cl2NO5S3/c1-9(2)30(26,27)13-8-29-17(15(13)21)18(23)22-12-7-28-16(14(12)19(24)25)10-3-5-11(20)6-4-10/h3-9H,1-2H3,(H,22,23)(H,24,25). The van der Waals surface area contributed by atoms with Crippen molar-refractivity contribution in [2.45, 2.75) is 24.0 Å². The summed E-state index contributed by atoms with van der Waals surface area (Å²) in [5.41, 5.74) is 0.667. The fraction of sp³-hybridized carbons (Fsp3) is 0.158. The minimum absolute atomic E-state index is 0.00790. The van der Waals surface area contributed by atoms with Crippen molar-refractivity contribution in [2.75, 3.05) is 5.32 Å². The van der Waals surface area contributed by atoms with Crippen molar-refractivity contribution in [3.63, 3.8) is 0 Å². The van der Waals surface area contributed by atoms with E-state index in [0.29, 0.717) is 15.5 Å². The summed E-state index contributed by atoms with van der Waals surface area (Å²) < 4.78 is 24.8. The van der Waals surface area contributed by atoms with Gasteiger partial charge in [0.05, 0.1) is 25.7 Å². The van der Waals surface area contributed by atoms with E-state index in [1.165, 1.54) is 24.6 Å². The normalized spacial score (nSPS) is 11.6. The highest BCUT2D eigenvalue weighted by molar-refractivity contribution is 7.92. The van der Waals surface area contributed by atoms with E-state index in [2.05, 4.69) is 5.32 Å². The first-order chi connectivity index (χ1) is 14.0. The minimum atomic E-state index is -3.65. The molecule has 0 unspecified atom stereocenters. The smallest absolute Gasteiger partial charge is 0.339 e. The molecular weight excluding hydrogens is 489 g/mol. The topological polar surface area (TPSA) is 101 Å². The molecule has 1 aromatic carbocycles. The molecule has 1 amide bonds. The molecule has 6 nitrogen and oxygen atoms in total. The lowest BCUT2D eigenvalue weighted by Gasteiger charge is -2.07. The van der Waals surface area contributed by atoms with E-state index < -0.39 is 27.0 Å². The van der Waals surface area contributed by atoms with Crippen LogP contribution in [0.4, 0.5) is 5.69 Å². The number of sulfone groups is 1. The van der Waals surface area contributed by atoms with Crippen molar-refractivity contribution in [1.82, 2.24) is 0 Å². The Kier molecular flexibility index (Phi) is 6.59. The number of hydrogen-bond donors (Lipinski definition) is 2. The maximum absolute atomic E-state index is 12.7. The number of aromatic carboxylic acids is 1. The second kappa shape index (κ2) is 8.68. The lowest BCUT2D eigenvalue weighted by Crippen LogP contribution is -2.15. The number of carbonyl (C=O) groups is 2. The van der Waals surface area contributed by atoms with E-state index in [9.17, 15) is 23.1 Å². The van der Waals surface area contributed by atoms with Gasteiger partial charge < -0.3 is 10.4 Å². The van der Waals surface area contributed by atoms with Crippen LogP contribution >= 0.6 is 45.9 Å². The van der Waals surface area contributed by atoms with Gasteiger partial charge in [0.2, 0.25) is 0 Å². The summed E-state index contributed by atoms with van der Waals surface area (Å²) in [5, 5.41) is 14.7. The number of benzene rings is 1. The molecule has 0 atom stereocenters. The molecule has 0 fully saturated rings. The zero-order chi connectivity index (χ0) is 22.2. The summed E-state index contributed by atoms with van der Waals surface area (Å²) >= 11 is 14.1. The molecular formula is C19H15Cl2NO5S3. The van der Waals surface area contributed by atoms with Crippen LogP contribution in [0.2, 0.25) is 10.0 Å². The number of nitrogens with one attached hydrogen (secondary N) is 1. The molecule has 0 bridgehead atoms. The van der Waals surface area contributed by atoms with Gasteiger partial charge in [0.25, 0.3) is 5.91 Å². The number of carbonyl (C=O) groups excluding carboxylic acids is 1. The first kappa shape index (κ1) is 22.8. The Labute approximate surface area is 191 Å². The Morgan fingerprint density at radius 1 is 1.07 bits per heavy atom. The Balaban J connectivity index is 1.96. The highest BCUT2D eigenvalue weighted by atomic mass is 35.5. The lowest BCUT2D eigenvalue weighted by molar-refractivity contribution is 0.0699. The molecule has 11 heteroatoms. The average Bonchev–Trinajstić information content (AvgIpc) is 3.26. The maximum Gasteiger partial charge on any atom is 0.339 e. The van der Waals surface area contributed by atoms with Crippen molar-refractivity contribution < 1.29 is 23.1 Å². The van der Waals surface area contributed by atoms with E-state index in [-0.39, 0.29) is 26.0 Å². The number of thiophene rings is 2. The number of hydrogen-bond acceptors (Lipinski definition) is 6. The molecule has 2 aromatic heterocycles. The first-order valence-electron chi connectivity index (χ1n) is 8.47. The molecule has 0 aliphatic rings. The van der Waals surface area contributed by atoms with E-state index in [1.807, 2.05) is 0 Å². The summed E-state index contributed by atoms with van der Waals surface area (Å²) in [4.78, 5) is 24.9. The summed E-state index contributed by atoms with van der Waals surface area (Å²) in [7, 11) is -3.65. The fourth-order valence-corrected chi connectivity index (χ4v) is 6.69. The van der Waals surface area contributed by atoms with Crippen LogP contribution in [0.5, 0.6) is 0 Å². The van der Waals surface area contributed by atoms with Gasteiger partial charge in [-0.05, 0) is 31.5 Å². The zero-order valence-electron chi connectivity index (χ0n) is 15.6. The van der Waals surface area contributed by atoms with Gasteiger partial charge in [-0.3, -0.25) is 4.79 Å². The predicted octanol–water partition coefficient (Wildman–Crippen LogP) is 5.92. The van der Waals surface area contributed by atoms with Gasteiger partial charge in [0, 0.05) is 15.8 Å². The van der Waals surface area contributed by atoms with E-state index in [0.717, 1.165) is 22.7 Å². The number of carboxylic acids is 1. The molecule has 2 heterocycles. The van der Waals surface area contributed by atoms with Crippen LogP contribution in [0.15, 0.2) is 39.9 Å². The average molecular weight is 504 g/mol. The molecule has 158 valence electrons. The van der Waals surface area contributed by atoms with Crippen molar-refractivity contribution >= 4 is 73.3 Å². The van der Waals surface area contributed by atoms with Gasteiger partial charge in [-0.15, -0.1) is 22.7 Å². The van der Waals surface area contributed by atoms with Crippen LogP contribution in [0, 0.1) is 0 Å². The van der Waals surface area contributed by atoms with Gasteiger partial charge in [-0.25, -0.2) is 13.2 Å². The van der Waals surface area contributed by atoms with Gasteiger partial charge in [-0.1, -0.05) is 35.3 Å². The minimum Gasteiger partial charge on any atom is -0.478 e. The van der Waals surface area contributed by atoms with Crippen LogP contribution in [0.1, 0.15) is 33.9 Å². The summed E-state index contributed by atoms with van der Waals surface area (Å²) in [6.45, 7) is 3.04.